The second kappa shape index (κ2) is 8.06. The molecular formula is C23H23N5O3. The van der Waals surface area contributed by atoms with E-state index >= 15 is 0 Å². The van der Waals surface area contributed by atoms with Crippen LogP contribution in [-0.4, -0.2) is 38.8 Å². The first kappa shape index (κ1) is 20.3. The molecule has 1 fully saturated rings. The highest BCUT2D eigenvalue weighted by Crippen LogP contribution is 2.28. The van der Waals surface area contributed by atoms with Crippen LogP contribution in [-0.2, 0) is 15.1 Å². The number of benzene rings is 2. The Morgan fingerprint density at radius 1 is 1.13 bits per heavy atom. The summed E-state index contributed by atoms with van der Waals surface area (Å²) in [7, 11) is 0. The van der Waals surface area contributed by atoms with Gasteiger partial charge in [-0.15, -0.1) is 0 Å². The predicted molar refractivity (Wildman–Crippen MR) is 114 cm³/mol. The summed E-state index contributed by atoms with van der Waals surface area (Å²) in [6.07, 6.45) is 5.26. The van der Waals surface area contributed by atoms with Crippen LogP contribution in [0.25, 0.3) is 5.69 Å². The summed E-state index contributed by atoms with van der Waals surface area (Å²) in [6, 6.07) is 15.8. The van der Waals surface area contributed by atoms with Crippen LogP contribution < -0.4 is 10.6 Å². The fourth-order valence-corrected chi connectivity index (χ4v) is 3.67. The molecule has 1 aliphatic heterocycles. The number of carbonyl (C=O) groups excluding carboxylic acids is 3. The second-order valence-corrected chi connectivity index (χ2v) is 7.66. The first-order valence-corrected chi connectivity index (χ1v) is 9.96. The highest BCUT2D eigenvalue weighted by molar-refractivity contribution is 6.09. The Morgan fingerprint density at radius 3 is 2.48 bits per heavy atom. The van der Waals surface area contributed by atoms with Crippen LogP contribution >= 0.6 is 0 Å². The molecule has 2 atom stereocenters. The van der Waals surface area contributed by atoms with E-state index in [0.717, 1.165) is 16.2 Å². The topological polar surface area (TPSA) is 96.3 Å². The monoisotopic (exact) mass is 417 g/mol. The number of rotatable bonds is 6. The van der Waals surface area contributed by atoms with Crippen LogP contribution in [0, 0.1) is 0 Å². The van der Waals surface area contributed by atoms with Gasteiger partial charge < -0.3 is 15.2 Å². The molecular weight excluding hydrogens is 394 g/mol. The van der Waals surface area contributed by atoms with E-state index in [1.165, 1.54) is 0 Å². The number of imide groups is 1. The normalized spacial score (nSPS) is 19.2. The predicted octanol–water partition coefficient (Wildman–Crippen LogP) is 2.52. The molecule has 31 heavy (non-hydrogen) atoms. The Morgan fingerprint density at radius 2 is 1.84 bits per heavy atom. The van der Waals surface area contributed by atoms with Crippen LogP contribution in [0.15, 0.2) is 73.3 Å². The van der Waals surface area contributed by atoms with E-state index in [4.69, 9.17) is 0 Å². The first-order valence-electron chi connectivity index (χ1n) is 9.96. The maximum absolute atomic E-state index is 12.9. The molecule has 2 heterocycles. The summed E-state index contributed by atoms with van der Waals surface area (Å²) >= 11 is 0. The van der Waals surface area contributed by atoms with Crippen LogP contribution in [0.3, 0.4) is 0 Å². The minimum atomic E-state index is -1.19. The molecule has 4 rings (SSSR count). The fraction of sp³-hybridized carbons (Fsp3) is 0.217. The summed E-state index contributed by atoms with van der Waals surface area (Å²) in [4.78, 5) is 42.9. The van der Waals surface area contributed by atoms with E-state index < -0.39 is 23.4 Å². The minimum Gasteiger partial charge on any atom is -0.348 e. The molecule has 0 radical (unpaired) electrons. The van der Waals surface area contributed by atoms with Crippen molar-refractivity contribution in [2.45, 2.75) is 25.4 Å². The summed E-state index contributed by atoms with van der Waals surface area (Å²) in [5.74, 6) is -0.858. The number of hydrogen-bond acceptors (Lipinski definition) is 4. The molecule has 1 aliphatic rings. The molecule has 1 saturated heterocycles. The van der Waals surface area contributed by atoms with Crippen molar-refractivity contribution >= 4 is 17.8 Å². The average Bonchev–Trinajstić information content (AvgIpc) is 3.38. The highest BCUT2D eigenvalue weighted by Gasteiger charge is 2.49. The maximum atomic E-state index is 12.9. The quantitative estimate of drug-likeness (QED) is 0.603. The number of imidazole rings is 1. The van der Waals surface area contributed by atoms with E-state index in [0.29, 0.717) is 5.56 Å². The zero-order valence-electron chi connectivity index (χ0n) is 17.3. The third kappa shape index (κ3) is 3.92. The minimum absolute atomic E-state index is 0.286. The number of nitrogens with one attached hydrogen (secondary N) is 2. The lowest BCUT2D eigenvalue weighted by atomic mass is 9.92. The van der Waals surface area contributed by atoms with E-state index in [9.17, 15) is 14.4 Å². The first-order chi connectivity index (χ1) is 14.9. The molecule has 0 aliphatic carbocycles. The third-order valence-electron chi connectivity index (χ3n) is 5.50. The van der Waals surface area contributed by atoms with E-state index in [2.05, 4.69) is 15.6 Å². The third-order valence-corrected chi connectivity index (χ3v) is 5.50. The molecule has 2 N–H and O–H groups in total. The number of hydrogen-bond donors (Lipinski definition) is 2. The van der Waals surface area contributed by atoms with Gasteiger partial charge in [0.15, 0.2) is 0 Å². The van der Waals surface area contributed by atoms with Crippen LogP contribution in [0.2, 0.25) is 0 Å². The summed E-state index contributed by atoms with van der Waals surface area (Å²) in [5.41, 5.74) is 1.35. The van der Waals surface area contributed by atoms with Gasteiger partial charge in [-0.2, -0.15) is 0 Å². The van der Waals surface area contributed by atoms with Gasteiger partial charge in [-0.1, -0.05) is 42.5 Å². The second-order valence-electron chi connectivity index (χ2n) is 7.66. The zero-order chi connectivity index (χ0) is 22.0. The summed E-state index contributed by atoms with van der Waals surface area (Å²) in [6.45, 7) is 3.15. The lowest BCUT2D eigenvalue weighted by Gasteiger charge is -2.22. The van der Waals surface area contributed by atoms with Gasteiger partial charge in [0, 0.05) is 18.1 Å². The van der Waals surface area contributed by atoms with Crippen molar-refractivity contribution in [3.63, 3.8) is 0 Å². The Bertz CT molecular complexity index is 1100. The molecule has 158 valence electrons. The standard InChI is InChI=1S/C23H23N5O3/c1-16(17-8-10-19(11-9-17)27-13-12-24-15-27)25-20(29)14-28-21(30)23(2,26-22(28)31)18-6-4-3-5-7-18/h3-13,15-16H,14H2,1-2H3,(H,25,29)(H,26,31)/t16-,23+/m1/s1. The van der Waals surface area contributed by atoms with Gasteiger partial charge in [-0.25, -0.2) is 9.78 Å². The van der Waals surface area contributed by atoms with E-state index in [1.807, 2.05) is 48.0 Å². The van der Waals surface area contributed by atoms with Gasteiger partial charge in [0.1, 0.15) is 12.1 Å². The van der Waals surface area contributed by atoms with E-state index in [-0.39, 0.29) is 12.6 Å². The SMILES string of the molecule is C[C@@H](NC(=O)CN1C(=O)N[C@@](C)(c2ccccc2)C1=O)c1ccc(-n2ccnc2)cc1. The maximum Gasteiger partial charge on any atom is 0.325 e. The van der Waals surface area contributed by atoms with Crippen molar-refractivity contribution in [2.75, 3.05) is 6.54 Å². The lowest BCUT2D eigenvalue weighted by Crippen LogP contribution is -2.43. The van der Waals surface area contributed by atoms with Crippen molar-refractivity contribution < 1.29 is 14.4 Å². The van der Waals surface area contributed by atoms with E-state index in [1.54, 1.807) is 43.7 Å². The molecule has 4 amide bonds. The van der Waals surface area contributed by atoms with Crippen molar-refractivity contribution in [1.29, 1.82) is 0 Å². The Labute approximate surface area is 179 Å². The largest absolute Gasteiger partial charge is 0.348 e. The summed E-state index contributed by atoms with van der Waals surface area (Å²) < 4.78 is 1.88. The molecule has 8 nitrogen and oxygen atoms in total. The molecule has 0 spiro atoms. The number of nitrogens with zero attached hydrogens (tertiary/aromatic N) is 3. The molecule has 2 aromatic carbocycles. The molecule has 0 bridgehead atoms. The fourth-order valence-electron chi connectivity index (χ4n) is 3.67. The molecule has 0 unspecified atom stereocenters. The van der Waals surface area contributed by atoms with Crippen molar-refractivity contribution in [3.8, 4) is 5.69 Å². The average molecular weight is 417 g/mol. The zero-order valence-corrected chi connectivity index (χ0v) is 17.3. The Hall–Kier alpha value is -3.94. The Balaban J connectivity index is 1.40. The molecule has 8 heteroatoms. The molecule has 3 aromatic rings. The molecule has 1 aromatic heterocycles. The lowest BCUT2D eigenvalue weighted by molar-refractivity contribution is -0.135. The van der Waals surface area contributed by atoms with Gasteiger partial charge in [-0.3, -0.25) is 14.5 Å². The van der Waals surface area contributed by atoms with Gasteiger partial charge >= 0.3 is 6.03 Å². The van der Waals surface area contributed by atoms with Gasteiger partial charge in [0.05, 0.1) is 12.4 Å². The molecule has 0 saturated carbocycles. The van der Waals surface area contributed by atoms with Crippen LogP contribution in [0.4, 0.5) is 4.79 Å². The van der Waals surface area contributed by atoms with Gasteiger partial charge in [-0.05, 0) is 37.1 Å². The van der Waals surface area contributed by atoms with Gasteiger partial charge in [0.25, 0.3) is 5.91 Å². The number of amides is 4. The number of carbonyl (C=O) groups is 3. The summed E-state index contributed by atoms with van der Waals surface area (Å²) in [5, 5.41) is 5.56. The van der Waals surface area contributed by atoms with Crippen LogP contribution in [0.5, 0.6) is 0 Å². The van der Waals surface area contributed by atoms with Crippen molar-refractivity contribution in [3.05, 3.63) is 84.4 Å². The number of aromatic nitrogens is 2. The number of urea groups is 1. The van der Waals surface area contributed by atoms with Gasteiger partial charge in [0.2, 0.25) is 5.91 Å². The highest BCUT2D eigenvalue weighted by atomic mass is 16.2. The van der Waals surface area contributed by atoms with Crippen molar-refractivity contribution in [2.24, 2.45) is 0 Å². The van der Waals surface area contributed by atoms with Crippen LogP contribution in [0.1, 0.15) is 31.0 Å². The smallest absolute Gasteiger partial charge is 0.325 e. The Kier molecular flexibility index (Phi) is 5.29. The van der Waals surface area contributed by atoms with Crippen molar-refractivity contribution in [1.82, 2.24) is 25.1 Å².